The highest BCUT2D eigenvalue weighted by molar-refractivity contribution is 6.18. The molecule has 0 aliphatic heterocycles. The van der Waals surface area contributed by atoms with Gasteiger partial charge in [0.05, 0.1) is 24.9 Å². The highest BCUT2D eigenvalue weighted by atomic mass is 35.5. The third-order valence-corrected chi connectivity index (χ3v) is 3.33. The number of nitrogens with one attached hydrogen (secondary N) is 1. The molecule has 0 aromatic carbocycles. The molecule has 1 rings (SSSR count). The van der Waals surface area contributed by atoms with Crippen molar-refractivity contribution in [2.24, 2.45) is 11.2 Å². The monoisotopic (exact) mass is 291 g/mol. The Labute approximate surface area is 116 Å². The molecule has 0 heterocycles. The van der Waals surface area contributed by atoms with Crippen molar-refractivity contribution in [3.8, 4) is 0 Å². The Kier molecular flexibility index (Phi) is 6.55. The molecule has 7 nitrogen and oxygen atoms in total. The molecule has 0 aromatic heterocycles. The number of nitrogens with zero attached hydrogens (tertiary/aromatic N) is 2. The largest absolute Gasteiger partial charge is 0.469 e. The van der Waals surface area contributed by atoms with E-state index in [1.165, 1.54) is 7.11 Å². The quantitative estimate of drug-likeness (QED) is 0.361. The van der Waals surface area contributed by atoms with Gasteiger partial charge >= 0.3 is 12.0 Å². The molecule has 2 amide bonds. The van der Waals surface area contributed by atoms with Crippen molar-refractivity contribution >= 4 is 23.6 Å². The Morgan fingerprint density at radius 2 is 2.21 bits per heavy atom. The van der Waals surface area contributed by atoms with Gasteiger partial charge in [-0.05, 0) is 19.3 Å². The molecule has 1 N–H and O–H groups in total. The average Bonchev–Trinajstić information content (AvgIpc) is 2.43. The van der Waals surface area contributed by atoms with Crippen LogP contribution in [0.5, 0.6) is 0 Å². The number of nitroso groups, excluding NO2 is 1. The number of ether oxygens (including phenoxy) is 1. The Bertz CT molecular complexity index is 340. The van der Waals surface area contributed by atoms with Gasteiger partial charge in [-0.15, -0.1) is 16.5 Å². The Hall–Kier alpha value is -1.37. The van der Waals surface area contributed by atoms with Crippen LogP contribution in [0.3, 0.4) is 0 Å². The number of hydrogen-bond acceptors (Lipinski definition) is 5. The van der Waals surface area contributed by atoms with Crippen molar-refractivity contribution in [3.05, 3.63) is 4.91 Å². The summed E-state index contributed by atoms with van der Waals surface area (Å²) in [6.45, 7) is 0.0596. The van der Waals surface area contributed by atoms with Gasteiger partial charge in [0.15, 0.2) is 0 Å². The smallest absolute Gasteiger partial charge is 0.340 e. The predicted octanol–water partition coefficient (Wildman–Crippen LogP) is 1.65. The van der Waals surface area contributed by atoms with Gasteiger partial charge in [0.1, 0.15) is 0 Å². The highest BCUT2D eigenvalue weighted by Gasteiger charge is 2.29. The number of methoxy groups -OCH3 is 1. The van der Waals surface area contributed by atoms with E-state index in [-0.39, 0.29) is 30.4 Å². The Morgan fingerprint density at radius 1 is 1.47 bits per heavy atom. The highest BCUT2D eigenvalue weighted by Crippen LogP contribution is 2.25. The molecule has 2 unspecified atom stereocenters. The van der Waals surface area contributed by atoms with Gasteiger partial charge in [-0.25, -0.2) is 4.79 Å². The standard InChI is InChI=1S/C11H18ClN3O4/c1-19-10(16)8-3-2-4-9(7-8)13-11(17)15(14-18)6-5-12/h8-9H,2-7H2,1H3,(H,13,17). The summed E-state index contributed by atoms with van der Waals surface area (Å²) in [6.07, 6.45) is 2.88. The molecule has 0 aromatic rings. The van der Waals surface area contributed by atoms with Crippen molar-refractivity contribution in [2.45, 2.75) is 31.7 Å². The van der Waals surface area contributed by atoms with Crippen molar-refractivity contribution in [2.75, 3.05) is 19.5 Å². The van der Waals surface area contributed by atoms with Crippen LogP contribution in [-0.4, -0.2) is 42.6 Å². The predicted molar refractivity (Wildman–Crippen MR) is 69.5 cm³/mol. The molecule has 1 saturated carbocycles. The van der Waals surface area contributed by atoms with Gasteiger partial charge in [-0.2, -0.15) is 5.01 Å². The molecule has 108 valence electrons. The van der Waals surface area contributed by atoms with E-state index in [4.69, 9.17) is 16.3 Å². The van der Waals surface area contributed by atoms with E-state index in [0.717, 1.165) is 24.3 Å². The number of carbonyl (C=O) groups excluding carboxylic acids is 2. The lowest BCUT2D eigenvalue weighted by Gasteiger charge is -2.28. The minimum Gasteiger partial charge on any atom is -0.469 e. The van der Waals surface area contributed by atoms with E-state index in [2.05, 4.69) is 10.6 Å². The maximum atomic E-state index is 11.7. The van der Waals surface area contributed by atoms with E-state index >= 15 is 0 Å². The van der Waals surface area contributed by atoms with Crippen molar-refractivity contribution < 1.29 is 14.3 Å². The fourth-order valence-electron chi connectivity index (χ4n) is 2.21. The van der Waals surface area contributed by atoms with E-state index < -0.39 is 6.03 Å². The first-order chi connectivity index (χ1) is 9.12. The first-order valence-electron chi connectivity index (χ1n) is 6.17. The molecule has 2 atom stereocenters. The van der Waals surface area contributed by atoms with Crippen LogP contribution < -0.4 is 5.32 Å². The molecular weight excluding hydrogens is 274 g/mol. The SMILES string of the molecule is COC(=O)C1CCCC(NC(=O)N(CCCl)N=O)C1. The van der Waals surface area contributed by atoms with Gasteiger partial charge in [0.2, 0.25) is 0 Å². The molecule has 19 heavy (non-hydrogen) atoms. The second kappa shape index (κ2) is 7.93. The van der Waals surface area contributed by atoms with Crippen molar-refractivity contribution in [3.63, 3.8) is 0 Å². The molecule has 1 aliphatic rings. The molecule has 0 radical (unpaired) electrons. The number of esters is 1. The number of rotatable bonds is 5. The zero-order chi connectivity index (χ0) is 14.3. The van der Waals surface area contributed by atoms with Crippen LogP contribution in [0, 0.1) is 10.8 Å². The zero-order valence-corrected chi connectivity index (χ0v) is 11.6. The van der Waals surface area contributed by atoms with Crippen LogP contribution in [0.15, 0.2) is 5.29 Å². The molecule has 1 fully saturated rings. The van der Waals surface area contributed by atoms with Crippen LogP contribution >= 0.6 is 11.6 Å². The third-order valence-electron chi connectivity index (χ3n) is 3.17. The maximum absolute atomic E-state index is 11.7. The second-order valence-corrected chi connectivity index (χ2v) is 4.80. The summed E-state index contributed by atoms with van der Waals surface area (Å²) in [5, 5.41) is 6.04. The molecule has 0 bridgehead atoms. The van der Waals surface area contributed by atoms with Gasteiger partial charge < -0.3 is 10.1 Å². The van der Waals surface area contributed by atoms with Crippen LogP contribution in [0.4, 0.5) is 4.79 Å². The number of urea groups is 1. The fourth-order valence-corrected chi connectivity index (χ4v) is 2.37. The topological polar surface area (TPSA) is 88.1 Å². The average molecular weight is 292 g/mol. The molecular formula is C11H18ClN3O4. The Morgan fingerprint density at radius 3 is 2.79 bits per heavy atom. The van der Waals surface area contributed by atoms with E-state index in [9.17, 15) is 14.5 Å². The second-order valence-electron chi connectivity index (χ2n) is 4.43. The van der Waals surface area contributed by atoms with Gasteiger partial charge in [0.25, 0.3) is 0 Å². The summed E-state index contributed by atoms with van der Waals surface area (Å²) < 4.78 is 4.70. The molecule has 8 heteroatoms. The number of halogens is 1. The molecule has 1 aliphatic carbocycles. The molecule has 0 saturated heterocycles. The first kappa shape index (κ1) is 15.7. The summed E-state index contributed by atoms with van der Waals surface area (Å²) in [6, 6.07) is -0.726. The van der Waals surface area contributed by atoms with E-state index in [1.807, 2.05) is 0 Å². The lowest BCUT2D eigenvalue weighted by molar-refractivity contribution is -0.146. The fraction of sp³-hybridized carbons (Fsp3) is 0.818. The maximum Gasteiger partial charge on any atom is 0.340 e. The Balaban J connectivity index is 2.49. The van der Waals surface area contributed by atoms with Crippen molar-refractivity contribution in [1.82, 2.24) is 10.3 Å². The molecule has 0 spiro atoms. The van der Waals surface area contributed by atoms with Crippen molar-refractivity contribution in [1.29, 1.82) is 0 Å². The lowest BCUT2D eigenvalue weighted by Crippen LogP contribution is -2.45. The normalized spacial score (nSPS) is 22.4. The van der Waals surface area contributed by atoms with Crippen LogP contribution in [-0.2, 0) is 9.53 Å². The first-order valence-corrected chi connectivity index (χ1v) is 6.71. The van der Waals surface area contributed by atoms with Gasteiger partial charge in [0, 0.05) is 11.9 Å². The summed E-state index contributed by atoms with van der Waals surface area (Å²) in [5.41, 5.74) is 0. The number of carbonyl (C=O) groups is 2. The van der Waals surface area contributed by atoms with E-state index in [0.29, 0.717) is 6.42 Å². The minimum atomic E-state index is -0.578. The summed E-state index contributed by atoms with van der Waals surface area (Å²) in [5.74, 6) is -0.325. The van der Waals surface area contributed by atoms with Crippen LogP contribution in [0.2, 0.25) is 0 Å². The number of amides is 2. The third kappa shape index (κ3) is 4.66. The van der Waals surface area contributed by atoms with Crippen LogP contribution in [0.1, 0.15) is 25.7 Å². The van der Waals surface area contributed by atoms with Gasteiger partial charge in [-0.3, -0.25) is 4.79 Å². The summed E-state index contributed by atoms with van der Waals surface area (Å²) in [7, 11) is 1.35. The van der Waals surface area contributed by atoms with E-state index in [1.54, 1.807) is 0 Å². The number of alkyl halides is 1. The number of hydrogen-bond donors (Lipinski definition) is 1. The van der Waals surface area contributed by atoms with Crippen LogP contribution in [0.25, 0.3) is 0 Å². The lowest BCUT2D eigenvalue weighted by atomic mass is 9.86. The summed E-state index contributed by atoms with van der Waals surface area (Å²) in [4.78, 5) is 33.7. The summed E-state index contributed by atoms with van der Waals surface area (Å²) >= 11 is 5.46. The minimum absolute atomic E-state index is 0.0596. The zero-order valence-electron chi connectivity index (χ0n) is 10.8. The van der Waals surface area contributed by atoms with Gasteiger partial charge in [-0.1, -0.05) is 6.42 Å².